The van der Waals surface area contributed by atoms with Crippen LogP contribution in [0.25, 0.3) is 65.7 Å². The van der Waals surface area contributed by atoms with E-state index in [1.807, 2.05) is 52.5 Å². The van der Waals surface area contributed by atoms with Crippen molar-refractivity contribution in [1.29, 1.82) is 0 Å². The standard InChI is InChI=1S/C30H18N4.C8H13N.C4H9N/c1-2-21(23-13-31-17-32-14-23)12-22(3-1)25-8-4-19-7-11-28-26(24-15-33-18-34-16-24)9-5-20-6-10-27(25)29(19)30(20)28;1-5-7(2)8(3)6-9-4;1-4(2)3-5/h1-18H;5-6H,4H2,1-3H3;3H,5H2,1-2H3/b;7-5+,8-6+;. The first-order valence-electron chi connectivity index (χ1n) is 15.8. The molecule has 0 spiro atoms. The molecule has 7 aromatic rings. The molecule has 0 atom stereocenters. The second-order valence-corrected chi connectivity index (χ2v) is 11.7. The molecule has 238 valence electrons. The molecule has 0 radical (unpaired) electrons. The lowest BCUT2D eigenvalue weighted by Crippen LogP contribution is -1.90. The minimum absolute atomic E-state index is 1.01. The van der Waals surface area contributed by atoms with Crippen LogP contribution in [0.4, 0.5) is 0 Å². The molecule has 0 aliphatic heterocycles. The van der Waals surface area contributed by atoms with Crippen LogP contribution in [-0.4, -0.2) is 26.7 Å². The van der Waals surface area contributed by atoms with Crippen LogP contribution in [-0.2, 0) is 0 Å². The van der Waals surface area contributed by atoms with Crippen molar-refractivity contribution in [2.75, 3.05) is 0 Å². The number of hydrogen-bond acceptors (Lipinski definition) is 6. The Hall–Kier alpha value is -6.01. The Morgan fingerprint density at radius 3 is 1.60 bits per heavy atom. The predicted octanol–water partition coefficient (Wildman–Crippen LogP) is 10.6. The molecule has 0 amide bonds. The minimum Gasteiger partial charge on any atom is -0.405 e. The summed E-state index contributed by atoms with van der Waals surface area (Å²) in [5.74, 6) is 0. The van der Waals surface area contributed by atoms with Gasteiger partial charge in [0.15, 0.2) is 0 Å². The summed E-state index contributed by atoms with van der Waals surface area (Å²) in [5.41, 5.74) is 15.3. The van der Waals surface area contributed by atoms with Crippen molar-refractivity contribution in [3.63, 3.8) is 0 Å². The summed E-state index contributed by atoms with van der Waals surface area (Å²) < 4.78 is 0. The van der Waals surface area contributed by atoms with Crippen LogP contribution < -0.4 is 5.73 Å². The number of hydrogen-bond donors (Lipinski definition) is 1. The second kappa shape index (κ2) is 15.5. The highest BCUT2D eigenvalue weighted by molar-refractivity contribution is 6.27. The van der Waals surface area contributed by atoms with Crippen LogP contribution in [0.15, 0.2) is 150 Å². The van der Waals surface area contributed by atoms with Crippen LogP contribution in [0.5, 0.6) is 0 Å². The Labute approximate surface area is 282 Å². The highest BCUT2D eigenvalue weighted by atomic mass is 14.8. The lowest BCUT2D eigenvalue weighted by molar-refractivity contribution is 1.17. The van der Waals surface area contributed by atoms with E-state index in [2.05, 4.69) is 117 Å². The largest absolute Gasteiger partial charge is 0.405 e. The monoisotopic (exact) mass is 628 g/mol. The molecule has 7 rings (SSSR count). The topological polar surface area (TPSA) is 89.9 Å². The molecule has 48 heavy (non-hydrogen) atoms. The zero-order valence-corrected chi connectivity index (χ0v) is 28.1. The zero-order valence-electron chi connectivity index (χ0n) is 28.1. The van der Waals surface area contributed by atoms with E-state index in [0.29, 0.717) is 0 Å². The zero-order chi connectivity index (χ0) is 34.0. The second-order valence-electron chi connectivity index (χ2n) is 11.7. The van der Waals surface area contributed by atoms with E-state index in [-0.39, 0.29) is 0 Å². The van der Waals surface area contributed by atoms with Crippen LogP contribution in [0, 0.1) is 0 Å². The summed E-state index contributed by atoms with van der Waals surface area (Å²) in [6.07, 6.45) is 16.0. The number of nitrogens with zero attached hydrogens (tertiary/aromatic N) is 5. The van der Waals surface area contributed by atoms with Crippen molar-refractivity contribution in [1.82, 2.24) is 19.9 Å². The summed E-state index contributed by atoms with van der Waals surface area (Å²) in [7, 11) is 0. The van der Waals surface area contributed by atoms with Gasteiger partial charge in [-0.3, -0.25) is 4.99 Å². The maximum atomic E-state index is 5.01. The normalized spacial score (nSPS) is 11.4. The van der Waals surface area contributed by atoms with E-state index in [1.165, 1.54) is 54.6 Å². The van der Waals surface area contributed by atoms with E-state index in [0.717, 1.165) is 27.8 Å². The molecule has 6 nitrogen and oxygen atoms in total. The lowest BCUT2D eigenvalue weighted by Gasteiger charge is -2.16. The molecule has 2 heterocycles. The van der Waals surface area contributed by atoms with Gasteiger partial charge in [-0.25, -0.2) is 19.9 Å². The Balaban J connectivity index is 0.000000273. The molecule has 5 aromatic carbocycles. The SMILES string of the molecule is C=N/C=C(C)/C(C)=C/C.CC(C)=CN.c1cc(-c2cncnc2)cc(-c2ccc3ccc4c(-c5cncnc5)ccc5ccc2c3c54)c1. The third-order valence-corrected chi connectivity index (χ3v) is 8.28. The van der Waals surface area contributed by atoms with E-state index in [1.54, 1.807) is 25.1 Å². The van der Waals surface area contributed by atoms with Crippen molar-refractivity contribution >= 4 is 39.0 Å². The molecular formula is C42H40N6. The van der Waals surface area contributed by atoms with E-state index in [9.17, 15) is 0 Å². The molecule has 2 N–H and O–H groups in total. The van der Waals surface area contributed by atoms with Gasteiger partial charge in [0, 0.05) is 42.1 Å². The average Bonchev–Trinajstić information content (AvgIpc) is 3.14. The Bertz CT molecular complexity index is 2250. The Morgan fingerprint density at radius 2 is 1.10 bits per heavy atom. The van der Waals surface area contributed by atoms with Crippen LogP contribution in [0.2, 0.25) is 0 Å². The third-order valence-electron chi connectivity index (χ3n) is 8.28. The van der Waals surface area contributed by atoms with Gasteiger partial charge in [-0.05, 0) is 114 Å². The van der Waals surface area contributed by atoms with Crippen LogP contribution in [0.1, 0.15) is 34.6 Å². The molecule has 2 aromatic heterocycles. The van der Waals surface area contributed by atoms with Gasteiger partial charge in [0.25, 0.3) is 0 Å². The van der Waals surface area contributed by atoms with Crippen molar-refractivity contribution in [3.8, 4) is 33.4 Å². The minimum atomic E-state index is 1.01. The van der Waals surface area contributed by atoms with Crippen LogP contribution >= 0.6 is 0 Å². The maximum absolute atomic E-state index is 5.01. The fourth-order valence-corrected chi connectivity index (χ4v) is 5.52. The average molecular weight is 629 g/mol. The highest BCUT2D eigenvalue weighted by Gasteiger charge is 2.15. The first-order valence-corrected chi connectivity index (χ1v) is 15.8. The number of aliphatic imine (C=N–C) groups is 1. The van der Waals surface area contributed by atoms with Gasteiger partial charge in [-0.1, -0.05) is 84.0 Å². The summed E-state index contributed by atoms with van der Waals surface area (Å²) in [6.45, 7) is 13.4. The molecule has 6 heteroatoms. The molecule has 0 unspecified atom stereocenters. The van der Waals surface area contributed by atoms with E-state index < -0.39 is 0 Å². The van der Waals surface area contributed by atoms with Gasteiger partial charge in [-0.2, -0.15) is 0 Å². The molecule has 0 aliphatic rings. The van der Waals surface area contributed by atoms with Gasteiger partial charge in [-0.15, -0.1) is 0 Å². The maximum Gasteiger partial charge on any atom is 0.115 e. The van der Waals surface area contributed by atoms with Crippen molar-refractivity contribution < 1.29 is 0 Å². The molecular weight excluding hydrogens is 589 g/mol. The predicted molar refractivity (Wildman–Crippen MR) is 204 cm³/mol. The number of nitrogens with two attached hydrogens (primary N) is 1. The first-order chi connectivity index (χ1) is 23.4. The number of allylic oxidation sites excluding steroid dienone is 4. The Morgan fingerprint density at radius 1 is 0.625 bits per heavy atom. The quantitative estimate of drug-likeness (QED) is 0.116. The summed E-state index contributed by atoms with van der Waals surface area (Å²) in [6, 6.07) is 26.4. The number of rotatable bonds is 5. The molecule has 0 bridgehead atoms. The molecule has 0 saturated heterocycles. The number of aromatic nitrogens is 4. The molecule has 0 aliphatic carbocycles. The smallest absolute Gasteiger partial charge is 0.115 e. The third kappa shape index (κ3) is 7.34. The van der Waals surface area contributed by atoms with E-state index in [4.69, 9.17) is 5.73 Å². The summed E-state index contributed by atoms with van der Waals surface area (Å²) in [5, 5.41) is 7.52. The lowest BCUT2D eigenvalue weighted by atomic mass is 9.87. The summed E-state index contributed by atoms with van der Waals surface area (Å²) >= 11 is 0. The van der Waals surface area contributed by atoms with Gasteiger partial charge < -0.3 is 5.73 Å². The summed E-state index contributed by atoms with van der Waals surface area (Å²) in [4.78, 5) is 20.5. The van der Waals surface area contributed by atoms with Crippen molar-refractivity contribution in [2.45, 2.75) is 34.6 Å². The molecule has 0 saturated carbocycles. The van der Waals surface area contributed by atoms with Crippen molar-refractivity contribution in [3.05, 3.63) is 145 Å². The first kappa shape index (κ1) is 33.4. The fraction of sp³-hybridized carbons (Fsp3) is 0.119. The fourth-order valence-electron chi connectivity index (χ4n) is 5.52. The van der Waals surface area contributed by atoms with Gasteiger partial charge >= 0.3 is 0 Å². The van der Waals surface area contributed by atoms with E-state index >= 15 is 0 Å². The van der Waals surface area contributed by atoms with Crippen LogP contribution in [0.3, 0.4) is 0 Å². The molecule has 0 fully saturated rings. The van der Waals surface area contributed by atoms with Gasteiger partial charge in [0.1, 0.15) is 12.7 Å². The van der Waals surface area contributed by atoms with Gasteiger partial charge in [0.05, 0.1) is 0 Å². The Kier molecular flexibility index (Phi) is 10.8. The highest BCUT2D eigenvalue weighted by Crippen LogP contribution is 2.42. The number of benzene rings is 5. The van der Waals surface area contributed by atoms with Crippen molar-refractivity contribution in [2.24, 2.45) is 10.7 Å². The van der Waals surface area contributed by atoms with Gasteiger partial charge in [0.2, 0.25) is 0 Å².